The van der Waals surface area contributed by atoms with Crippen LogP contribution in [0.1, 0.15) is 22.3 Å². The van der Waals surface area contributed by atoms with Gasteiger partial charge in [0, 0.05) is 10.7 Å². The van der Waals surface area contributed by atoms with Crippen molar-refractivity contribution in [2.75, 3.05) is 4.90 Å². The van der Waals surface area contributed by atoms with Gasteiger partial charge in [-0.2, -0.15) is 0 Å². The van der Waals surface area contributed by atoms with Crippen molar-refractivity contribution in [2.45, 2.75) is 5.41 Å². The lowest BCUT2D eigenvalue weighted by atomic mass is 9.62. The molecule has 4 aromatic carbocycles. The molecule has 2 nitrogen and oxygen atoms in total. The van der Waals surface area contributed by atoms with E-state index in [1.54, 1.807) is 0 Å². The normalized spacial score (nSPS) is 13.8. The first-order chi connectivity index (χ1) is 16.3. The van der Waals surface area contributed by atoms with Crippen LogP contribution in [0.5, 0.6) is 0 Å². The number of para-hydroxylation sites is 1. The number of hydrogen-bond acceptors (Lipinski definition) is 2. The van der Waals surface area contributed by atoms with Gasteiger partial charge in [0.05, 0.1) is 16.8 Å². The fourth-order valence-corrected chi connectivity index (χ4v) is 5.51. The highest BCUT2D eigenvalue weighted by Crippen LogP contribution is 2.57. The van der Waals surface area contributed by atoms with Gasteiger partial charge in [-0.25, -0.2) is 4.98 Å². The third-order valence-electron chi connectivity index (χ3n) is 6.45. The summed E-state index contributed by atoms with van der Waals surface area (Å²) in [5.41, 5.74) is 6.75. The second-order valence-corrected chi connectivity index (χ2v) is 9.10. The van der Waals surface area contributed by atoms with E-state index in [9.17, 15) is 0 Å². The molecule has 0 radical (unpaired) electrons. The van der Waals surface area contributed by atoms with Crippen LogP contribution in [-0.2, 0) is 5.41 Å². The van der Waals surface area contributed by atoms with Crippen LogP contribution in [0.15, 0.2) is 132 Å². The summed E-state index contributed by atoms with van der Waals surface area (Å²) in [6.45, 7) is 0. The van der Waals surface area contributed by atoms with Crippen LogP contribution in [0, 0.1) is 0 Å². The van der Waals surface area contributed by atoms with Crippen LogP contribution >= 0.6 is 15.9 Å². The summed E-state index contributed by atoms with van der Waals surface area (Å²) in [7, 11) is 0. The standard InChI is InChI=1S/C30H21BrN2/c31-24-18-19-26-28(21-24)33(29-17-9-10-20-32-29)27-16-8-7-15-25(27)30(26,22-11-3-1-4-12-22)23-13-5-2-6-14-23/h1-21H. The van der Waals surface area contributed by atoms with Gasteiger partial charge in [-0.1, -0.05) is 107 Å². The van der Waals surface area contributed by atoms with Gasteiger partial charge in [0.2, 0.25) is 0 Å². The van der Waals surface area contributed by atoms with E-state index in [-0.39, 0.29) is 0 Å². The summed E-state index contributed by atoms with van der Waals surface area (Å²) in [6, 6.07) is 43.0. The number of hydrogen-bond donors (Lipinski definition) is 0. The molecule has 0 bridgehead atoms. The average Bonchev–Trinajstić information content (AvgIpc) is 2.89. The molecule has 3 heteroatoms. The number of halogens is 1. The van der Waals surface area contributed by atoms with Crippen molar-refractivity contribution >= 4 is 33.1 Å². The molecule has 2 heterocycles. The minimum absolute atomic E-state index is 0.458. The molecule has 0 amide bonds. The van der Waals surface area contributed by atoms with E-state index in [2.05, 4.69) is 130 Å². The SMILES string of the molecule is Brc1ccc2c(c1)N(c1ccccn1)c1ccccc1C2(c1ccccc1)c1ccccc1. The highest BCUT2D eigenvalue weighted by atomic mass is 79.9. The number of anilines is 3. The van der Waals surface area contributed by atoms with E-state index in [4.69, 9.17) is 4.98 Å². The maximum Gasteiger partial charge on any atom is 0.137 e. The first-order valence-electron chi connectivity index (χ1n) is 11.0. The van der Waals surface area contributed by atoms with Crippen molar-refractivity contribution in [3.05, 3.63) is 154 Å². The number of pyridine rings is 1. The summed E-state index contributed by atoms with van der Waals surface area (Å²) in [6.07, 6.45) is 1.85. The number of nitrogens with zero attached hydrogens (tertiary/aromatic N) is 2. The van der Waals surface area contributed by atoms with Crippen molar-refractivity contribution in [3.8, 4) is 0 Å². The Morgan fingerprint density at radius 3 is 1.85 bits per heavy atom. The minimum atomic E-state index is -0.458. The molecule has 33 heavy (non-hydrogen) atoms. The highest BCUT2D eigenvalue weighted by molar-refractivity contribution is 9.10. The van der Waals surface area contributed by atoms with Gasteiger partial charge < -0.3 is 0 Å². The molecule has 0 spiro atoms. The molecule has 0 aliphatic carbocycles. The zero-order chi connectivity index (χ0) is 22.3. The maximum absolute atomic E-state index is 4.73. The molecular weight excluding hydrogens is 468 g/mol. The second kappa shape index (κ2) is 8.02. The molecule has 0 N–H and O–H groups in total. The van der Waals surface area contributed by atoms with E-state index in [0.29, 0.717) is 0 Å². The molecule has 158 valence electrons. The zero-order valence-corrected chi connectivity index (χ0v) is 19.5. The van der Waals surface area contributed by atoms with Crippen molar-refractivity contribution in [2.24, 2.45) is 0 Å². The Kier molecular flexibility index (Phi) is 4.85. The molecule has 1 aromatic heterocycles. The summed E-state index contributed by atoms with van der Waals surface area (Å²) >= 11 is 3.73. The van der Waals surface area contributed by atoms with E-state index >= 15 is 0 Å². The van der Waals surface area contributed by atoms with Crippen LogP contribution < -0.4 is 4.90 Å². The Labute approximate surface area is 202 Å². The summed E-state index contributed by atoms with van der Waals surface area (Å²) in [4.78, 5) is 7.01. The first kappa shape index (κ1) is 20.0. The van der Waals surface area contributed by atoms with Crippen molar-refractivity contribution < 1.29 is 0 Å². The number of benzene rings is 4. The Balaban J connectivity index is 1.79. The lowest BCUT2D eigenvalue weighted by Crippen LogP contribution is -2.37. The predicted octanol–water partition coefficient (Wildman–Crippen LogP) is 8.01. The van der Waals surface area contributed by atoms with Crippen molar-refractivity contribution in [3.63, 3.8) is 0 Å². The molecule has 0 fully saturated rings. The third kappa shape index (κ3) is 3.04. The largest absolute Gasteiger partial charge is 0.294 e. The highest BCUT2D eigenvalue weighted by Gasteiger charge is 2.46. The van der Waals surface area contributed by atoms with E-state index in [1.165, 1.54) is 22.3 Å². The van der Waals surface area contributed by atoms with Gasteiger partial charge >= 0.3 is 0 Å². The van der Waals surface area contributed by atoms with Gasteiger partial charge in [0.15, 0.2) is 0 Å². The fraction of sp³-hybridized carbons (Fsp3) is 0.0333. The molecule has 1 aliphatic heterocycles. The molecule has 5 aromatic rings. The van der Waals surface area contributed by atoms with Crippen LogP contribution in [-0.4, -0.2) is 4.98 Å². The van der Waals surface area contributed by atoms with E-state index < -0.39 is 5.41 Å². The summed E-state index contributed by atoms with van der Waals surface area (Å²) < 4.78 is 1.04. The van der Waals surface area contributed by atoms with Gasteiger partial charge in [-0.05, 0) is 52.6 Å². The van der Waals surface area contributed by atoms with Gasteiger partial charge in [0.1, 0.15) is 5.82 Å². The zero-order valence-electron chi connectivity index (χ0n) is 17.9. The smallest absolute Gasteiger partial charge is 0.137 e. The molecule has 6 rings (SSSR count). The number of rotatable bonds is 3. The topological polar surface area (TPSA) is 16.1 Å². The van der Waals surface area contributed by atoms with Gasteiger partial charge in [-0.15, -0.1) is 0 Å². The van der Waals surface area contributed by atoms with Crippen LogP contribution in [0.25, 0.3) is 0 Å². The second-order valence-electron chi connectivity index (χ2n) is 8.18. The number of fused-ring (bicyclic) bond motifs is 2. The van der Waals surface area contributed by atoms with E-state index in [1.807, 2.05) is 18.3 Å². The molecular formula is C30H21BrN2. The fourth-order valence-electron chi connectivity index (χ4n) is 5.17. The quantitative estimate of drug-likeness (QED) is 0.250. The molecule has 0 unspecified atom stereocenters. The molecule has 1 aliphatic rings. The number of aromatic nitrogens is 1. The van der Waals surface area contributed by atoms with Gasteiger partial charge in [0.25, 0.3) is 0 Å². The van der Waals surface area contributed by atoms with Crippen LogP contribution in [0.4, 0.5) is 17.2 Å². The van der Waals surface area contributed by atoms with Crippen molar-refractivity contribution in [1.29, 1.82) is 0 Å². The predicted molar refractivity (Wildman–Crippen MR) is 138 cm³/mol. The Morgan fingerprint density at radius 1 is 0.576 bits per heavy atom. The lowest BCUT2D eigenvalue weighted by Gasteiger charge is -2.46. The Hall–Kier alpha value is -3.69. The molecule has 0 atom stereocenters. The maximum atomic E-state index is 4.73. The first-order valence-corrected chi connectivity index (χ1v) is 11.8. The monoisotopic (exact) mass is 488 g/mol. The van der Waals surface area contributed by atoms with Crippen LogP contribution in [0.2, 0.25) is 0 Å². The average molecular weight is 489 g/mol. The van der Waals surface area contributed by atoms with Crippen molar-refractivity contribution in [1.82, 2.24) is 4.98 Å². The molecule has 0 saturated heterocycles. The third-order valence-corrected chi connectivity index (χ3v) is 6.94. The lowest BCUT2D eigenvalue weighted by molar-refractivity contribution is 0.730. The Morgan fingerprint density at radius 2 is 1.18 bits per heavy atom. The van der Waals surface area contributed by atoms with Gasteiger partial charge in [-0.3, -0.25) is 4.90 Å². The van der Waals surface area contributed by atoms with Crippen LogP contribution in [0.3, 0.4) is 0 Å². The van der Waals surface area contributed by atoms with E-state index in [0.717, 1.165) is 21.7 Å². The summed E-state index contributed by atoms with van der Waals surface area (Å²) in [5, 5.41) is 0. The molecule has 0 saturated carbocycles. The summed E-state index contributed by atoms with van der Waals surface area (Å²) in [5.74, 6) is 0.902. The minimum Gasteiger partial charge on any atom is -0.294 e. The Bertz CT molecular complexity index is 1380.